The second kappa shape index (κ2) is 18.7. The Morgan fingerprint density at radius 3 is 2.25 bits per heavy atom. The zero-order valence-electron chi connectivity index (χ0n) is 28.6. The van der Waals surface area contributed by atoms with Crippen LogP contribution in [0.3, 0.4) is 0 Å². The Bertz CT molecular complexity index is 1970. The standard InChI is InChI=1S/C34H37BN3O14P/c1-22(45-19-18-39)50-53(44,51-26-14-12-23(13-15-26)20-47-37-35)52-29-27(21-46-32(41)24-8-4-2-5-9-24)48-31(38-17-16-28(40)36-34(38)43)30(29)49-33(42)25-10-6-3-7-11-25/h2-17,22,27,29-31,37,39H,18-21,35H2,1H3,(H,36,40,43). The van der Waals surface area contributed by atoms with Crippen molar-refractivity contribution in [3.05, 3.63) is 135 Å². The average Bonchev–Trinajstić information content (AvgIpc) is 3.48. The maximum Gasteiger partial charge on any atom is 0.532 e. The third kappa shape index (κ3) is 10.8. The summed E-state index contributed by atoms with van der Waals surface area (Å²) in [5.74, 6) is -1.61. The second-order valence-electron chi connectivity index (χ2n) is 11.3. The van der Waals surface area contributed by atoms with Gasteiger partial charge in [0.05, 0.1) is 30.9 Å². The molecule has 0 amide bonds. The number of carbonyl (C=O) groups is 2. The summed E-state index contributed by atoms with van der Waals surface area (Å²) in [5, 5.41) is 11.9. The number of aromatic amines is 1. The predicted molar refractivity (Wildman–Crippen MR) is 187 cm³/mol. The van der Waals surface area contributed by atoms with E-state index in [9.17, 15) is 28.8 Å². The molecule has 3 N–H and O–H groups in total. The number of carbonyl (C=O) groups excluding carboxylic acids is 2. The number of H-pyrrole nitrogens is 1. The summed E-state index contributed by atoms with van der Waals surface area (Å²) >= 11 is 0. The Hall–Kier alpha value is -4.91. The summed E-state index contributed by atoms with van der Waals surface area (Å²) in [6.45, 7) is 0.446. The molecule has 1 fully saturated rings. The number of nitrogens with one attached hydrogen (secondary N) is 2. The number of benzene rings is 3. The highest BCUT2D eigenvalue weighted by molar-refractivity contribution is 7.49. The van der Waals surface area contributed by atoms with Crippen LogP contribution >= 0.6 is 7.82 Å². The van der Waals surface area contributed by atoms with Crippen molar-refractivity contribution in [3.8, 4) is 5.75 Å². The van der Waals surface area contributed by atoms with E-state index in [1.165, 1.54) is 43.3 Å². The van der Waals surface area contributed by atoms with E-state index in [1.54, 1.807) is 56.5 Å². The van der Waals surface area contributed by atoms with Gasteiger partial charge < -0.3 is 33.4 Å². The largest absolute Gasteiger partial charge is 0.532 e. The zero-order valence-corrected chi connectivity index (χ0v) is 29.5. The van der Waals surface area contributed by atoms with Crippen LogP contribution < -0.4 is 21.2 Å². The number of aliphatic hydroxyl groups is 1. The van der Waals surface area contributed by atoms with Gasteiger partial charge in [0.2, 0.25) is 7.98 Å². The van der Waals surface area contributed by atoms with E-state index >= 15 is 0 Å². The quantitative estimate of drug-likeness (QED) is 0.0436. The molecule has 1 aliphatic rings. The van der Waals surface area contributed by atoms with Gasteiger partial charge >= 0.3 is 25.5 Å². The first-order valence-electron chi connectivity index (χ1n) is 16.3. The van der Waals surface area contributed by atoms with Gasteiger partial charge in [-0.05, 0) is 48.9 Å². The van der Waals surface area contributed by atoms with Crippen molar-refractivity contribution >= 4 is 27.7 Å². The molecule has 1 aliphatic heterocycles. The number of aromatic nitrogens is 2. The van der Waals surface area contributed by atoms with Crippen LogP contribution in [0, 0.1) is 0 Å². The minimum atomic E-state index is -4.86. The number of hydrogen-bond donors (Lipinski definition) is 3. The normalized spacial score (nSPS) is 19.9. The highest BCUT2D eigenvalue weighted by Crippen LogP contribution is 2.54. The van der Waals surface area contributed by atoms with Gasteiger partial charge in [-0.2, -0.15) is 0 Å². The number of nitrogens with zero attached hydrogens (tertiary/aromatic N) is 1. The number of phosphoric acid groups is 1. The maximum atomic E-state index is 14.7. The number of aliphatic hydroxyl groups excluding tert-OH is 1. The molecule has 0 radical (unpaired) electrons. The monoisotopic (exact) mass is 753 g/mol. The molecule has 3 aromatic carbocycles. The first-order chi connectivity index (χ1) is 25.6. The summed E-state index contributed by atoms with van der Waals surface area (Å²) in [5.41, 5.74) is -0.599. The van der Waals surface area contributed by atoms with Crippen molar-refractivity contribution < 1.29 is 56.6 Å². The molecule has 2 heterocycles. The fraction of sp³-hybridized carbons (Fsp3) is 0.294. The van der Waals surface area contributed by atoms with E-state index in [0.717, 1.165) is 22.4 Å². The molecule has 0 bridgehead atoms. The highest BCUT2D eigenvalue weighted by atomic mass is 31.2. The minimum absolute atomic E-state index is 0.0214. The second-order valence-corrected chi connectivity index (χ2v) is 12.8. The van der Waals surface area contributed by atoms with Crippen molar-refractivity contribution in [2.24, 2.45) is 0 Å². The van der Waals surface area contributed by atoms with Gasteiger partial charge in [-0.1, -0.05) is 48.5 Å². The predicted octanol–water partition coefficient (Wildman–Crippen LogP) is 2.03. The molecular formula is C34H37BN3O14P. The first-order valence-corrected chi connectivity index (χ1v) is 17.8. The molecule has 0 aliphatic carbocycles. The van der Waals surface area contributed by atoms with Crippen LogP contribution in [0.5, 0.6) is 5.75 Å². The Kier molecular flexibility index (Phi) is 13.9. The molecule has 0 spiro atoms. The van der Waals surface area contributed by atoms with Gasteiger partial charge in [0, 0.05) is 12.3 Å². The van der Waals surface area contributed by atoms with Crippen LogP contribution in [-0.2, 0) is 44.0 Å². The van der Waals surface area contributed by atoms with Gasteiger partial charge in [0.15, 0.2) is 18.6 Å². The molecule has 53 heavy (non-hydrogen) atoms. The summed E-state index contributed by atoms with van der Waals surface area (Å²) in [6.07, 6.45) is -6.33. The molecule has 5 rings (SSSR count). The fourth-order valence-corrected chi connectivity index (χ4v) is 6.60. The van der Waals surface area contributed by atoms with Gasteiger partial charge in [-0.25, -0.2) is 23.5 Å². The van der Waals surface area contributed by atoms with Crippen molar-refractivity contribution in [2.75, 3.05) is 19.8 Å². The van der Waals surface area contributed by atoms with Crippen LogP contribution in [0.25, 0.3) is 0 Å². The van der Waals surface area contributed by atoms with Crippen molar-refractivity contribution in [1.29, 1.82) is 0 Å². The lowest BCUT2D eigenvalue weighted by molar-refractivity contribution is -0.0992. The molecule has 4 aromatic rings. The van der Waals surface area contributed by atoms with Crippen LogP contribution in [0.4, 0.5) is 0 Å². The SMILES string of the molecule is BNOCc1ccc(OP(=O)(OC(C)OCCO)OC2C(COC(=O)c3ccccc3)OC(n3ccc(=O)[nH]c3=O)C2OC(=O)c2ccccc2)cc1. The van der Waals surface area contributed by atoms with E-state index in [0.29, 0.717) is 0 Å². The van der Waals surface area contributed by atoms with Crippen molar-refractivity contribution in [3.63, 3.8) is 0 Å². The summed E-state index contributed by atoms with van der Waals surface area (Å²) in [7, 11) is -3.26. The molecule has 19 heteroatoms. The summed E-state index contributed by atoms with van der Waals surface area (Å²) < 4.78 is 56.3. The third-order valence-corrected chi connectivity index (χ3v) is 9.04. The van der Waals surface area contributed by atoms with E-state index in [1.807, 2.05) is 0 Å². The van der Waals surface area contributed by atoms with Crippen LogP contribution in [-0.4, -0.2) is 79.0 Å². The average molecular weight is 753 g/mol. The number of esters is 2. The molecule has 1 saturated heterocycles. The molecule has 0 saturated carbocycles. The fourth-order valence-electron chi connectivity index (χ4n) is 5.11. The van der Waals surface area contributed by atoms with Crippen molar-refractivity contribution in [1.82, 2.24) is 14.9 Å². The highest BCUT2D eigenvalue weighted by Gasteiger charge is 2.54. The minimum Gasteiger partial charge on any atom is -0.459 e. The Balaban J connectivity index is 1.55. The van der Waals surface area contributed by atoms with Gasteiger partial charge in [0.25, 0.3) is 5.56 Å². The zero-order chi connectivity index (χ0) is 37.8. The molecule has 1 aromatic heterocycles. The Morgan fingerprint density at radius 1 is 0.962 bits per heavy atom. The van der Waals surface area contributed by atoms with Gasteiger partial charge in [-0.15, -0.1) is 0 Å². The lowest BCUT2D eigenvalue weighted by Crippen LogP contribution is -2.42. The number of rotatable bonds is 18. The van der Waals surface area contributed by atoms with E-state index < -0.39 is 68.4 Å². The van der Waals surface area contributed by atoms with Gasteiger partial charge in [0.1, 0.15) is 24.6 Å². The molecule has 280 valence electrons. The first kappa shape index (κ1) is 39.3. The molecule has 6 atom stereocenters. The van der Waals surface area contributed by atoms with Crippen LogP contribution in [0.1, 0.15) is 39.4 Å². The molecule has 6 unspecified atom stereocenters. The third-order valence-electron chi connectivity index (χ3n) is 7.55. The molecular weight excluding hydrogens is 716 g/mol. The maximum absolute atomic E-state index is 14.7. The van der Waals surface area contributed by atoms with E-state index in [2.05, 4.69) is 10.4 Å². The Morgan fingerprint density at radius 2 is 1.62 bits per heavy atom. The van der Waals surface area contributed by atoms with Gasteiger partial charge in [-0.3, -0.25) is 24.3 Å². The number of hydrogen-bond acceptors (Lipinski definition) is 15. The lowest BCUT2D eigenvalue weighted by Gasteiger charge is -2.29. The summed E-state index contributed by atoms with van der Waals surface area (Å²) in [4.78, 5) is 58.9. The summed E-state index contributed by atoms with van der Waals surface area (Å²) in [6, 6.07) is 23.2. The van der Waals surface area contributed by atoms with Crippen LogP contribution in [0.15, 0.2) is 107 Å². The Labute approximate surface area is 303 Å². The van der Waals surface area contributed by atoms with E-state index in [-0.39, 0.29) is 36.7 Å². The topological polar surface area (TPSA) is 212 Å². The number of ether oxygens (including phenoxy) is 4. The smallest absolute Gasteiger partial charge is 0.459 e. The lowest BCUT2D eigenvalue weighted by atomic mass is 10.1. The number of phosphoric ester groups is 1. The van der Waals surface area contributed by atoms with Crippen LogP contribution in [0.2, 0.25) is 0 Å². The molecule has 17 nitrogen and oxygen atoms in total. The van der Waals surface area contributed by atoms with Crippen molar-refractivity contribution in [2.45, 2.75) is 44.4 Å². The van der Waals surface area contributed by atoms with E-state index in [4.69, 9.17) is 37.4 Å².